The molecule has 8 nitrogen and oxygen atoms in total. The van der Waals surface area contributed by atoms with Crippen LogP contribution in [0, 0.1) is 0 Å². The van der Waals surface area contributed by atoms with Crippen LogP contribution in [0.25, 0.3) is 0 Å². The van der Waals surface area contributed by atoms with E-state index in [4.69, 9.17) is 0 Å². The van der Waals surface area contributed by atoms with Crippen LogP contribution in [-0.4, -0.2) is 41.1 Å². The first-order valence-corrected chi connectivity index (χ1v) is 10.5. The van der Waals surface area contributed by atoms with Crippen LogP contribution in [0.5, 0.6) is 0 Å². The van der Waals surface area contributed by atoms with Crippen LogP contribution in [-0.2, 0) is 21.4 Å². The van der Waals surface area contributed by atoms with Crippen LogP contribution in [0.1, 0.15) is 25.5 Å². The van der Waals surface area contributed by atoms with Gasteiger partial charge in [0.15, 0.2) is 5.16 Å². The van der Waals surface area contributed by atoms with Gasteiger partial charge in [-0.1, -0.05) is 23.9 Å². The maximum Gasteiger partial charge on any atom is 0.230 e. The van der Waals surface area contributed by atoms with E-state index in [2.05, 4.69) is 20.2 Å². The van der Waals surface area contributed by atoms with Gasteiger partial charge in [0.05, 0.1) is 12.0 Å². The summed E-state index contributed by atoms with van der Waals surface area (Å²) in [6.45, 7) is 4.35. The van der Waals surface area contributed by atoms with Crippen LogP contribution in [0.3, 0.4) is 0 Å². The molecule has 0 fully saturated rings. The molecule has 0 unspecified atom stereocenters. The van der Waals surface area contributed by atoms with Crippen molar-refractivity contribution in [2.75, 3.05) is 16.7 Å². The van der Waals surface area contributed by atoms with Crippen LogP contribution >= 0.6 is 11.8 Å². The van der Waals surface area contributed by atoms with Crippen molar-refractivity contribution >= 4 is 33.4 Å². The Kier molecular flexibility index (Phi) is 6.43. The molecule has 0 aliphatic heterocycles. The Morgan fingerprint density at radius 1 is 1.36 bits per heavy atom. The Balaban J connectivity index is 1.86. The molecule has 10 heteroatoms. The van der Waals surface area contributed by atoms with E-state index in [0.717, 1.165) is 11.8 Å². The molecule has 0 saturated heterocycles. The summed E-state index contributed by atoms with van der Waals surface area (Å²) in [6, 6.07) is 7.11. The molecule has 0 saturated carbocycles. The number of carbonyl (C=O) groups excluding carboxylic acids is 1. The molecule has 136 valence electrons. The fourth-order valence-electron chi connectivity index (χ4n) is 2.03. The maximum absolute atomic E-state index is 12.0. The van der Waals surface area contributed by atoms with Crippen molar-refractivity contribution in [1.82, 2.24) is 20.1 Å². The molecule has 1 aromatic heterocycles. The minimum absolute atomic E-state index is 0.134. The molecule has 1 amide bonds. The van der Waals surface area contributed by atoms with E-state index in [0.29, 0.717) is 17.4 Å². The quantitative estimate of drug-likeness (QED) is 0.671. The average molecular weight is 383 g/mol. The Labute approximate surface area is 151 Å². The normalized spacial score (nSPS) is 11.5. The number of nitrogens with zero attached hydrogens (tertiary/aromatic N) is 3. The highest BCUT2D eigenvalue weighted by Gasteiger charge is 2.10. The number of hydrogen-bond acceptors (Lipinski definition) is 6. The first-order valence-electron chi connectivity index (χ1n) is 7.60. The number of carbonyl (C=O) groups is 1. The van der Waals surface area contributed by atoms with Gasteiger partial charge in [0.1, 0.15) is 6.33 Å². The van der Waals surface area contributed by atoms with Crippen LogP contribution in [0.2, 0.25) is 0 Å². The topological polar surface area (TPSA) is 106 Å². The molecule has 25 heavy (non-hydrogen) atoms. The second-order valence-corrected chi connectivity index (χ2v) is 8.45. The van der Waals surface area contributed by atoms with Crippen molar-refractivity contribution < 1.29 is 13.2 Å². The van der Waals surface area contributed by atoms with E-state index in [1.807, 2.05) is 24.5 Å². The molecule has 1 aromatic carbocycles. The van der Waals surface area contributed by atoms with E-state index in [-0.39, 0.29) is 17.7 Å². The summed E-state index contributed by atoms with van der Waals surface area (Å²) < 4.78 is 26.8. The highest BCUT2D eigenvalue weighted by Crippen LogP contribution is 2.18. The van der Waals surface area contributed by atoms with Gasteiger partial charge in [-0.3, -0.25) is 9.52 Å². The number of hydrogen-bond donors (Lipinski definition) is 2. The van der Waals surface area contributed by atoms with Gasteiger partial charge >= 0.3 is 0 Å². The highest BCUT2D eigenvalue weighted by molar-refractivity contribution is 7.99. The zero-order chi connectivity index (χ0) is 18.4. The van der Waals surface area contributed by atoms with Gasteiger partial charge in [-0.05, 0) is 31.5 Å². The lowest BCUT2D eigenvalue weighted by Gasteiger charge is -2.10. The second-order valence-electron chi connectivity index (χ2n) is 5.75. The number of rotatable bonds is 8. The average Bonchev–Trinajstić information content (AvgIpc) is 2.98. The monoisotopic (exact) mass is 383 g/mol. The predicted octanol–water partition coefficient (Wildman–Crippen LogP) is 1.64. The summed E-state index contributed by atoms with van der Waals surface area (Å²) in [5.41, 5.74) is 1.27. The third kappa shape index (κ3) is 6.39. The van der Waals surface area contributed by atoms with Crippen molar-refractivity contribution in [2.24, 2.45) is 0 Å². The molecule has 0 radical (unpaired) electrons. The van der Waals surface area contributed by atoms with E-state index >= 15 is 0 Å². The molecule has 0 aliphatic rings. The molecular formula is C15H21N5O3S2. The van der Waals surface area contributed by atoms with Gasteiger partial charge in [-0.15, -0.1) is 10.2 Å². The van der Waals surface area contributed by atoms with Crippen LogP contribution in [0.15, 0.2) is 35.7 Å². The van der Waals surface area contributed by atoms with E-state index in [9.17, 15) is 13.2 Å². The van der Waals surface area contributed by atoms with Crippen molar-refractivity contribution in [1.29, 1.82) is 0 Å². The fraction of sp³-hybridized carbons (Fsp3) is 0.400. The van der Waals surface area contributed by atoms with Crippen LogP contribution < -0.4 is 10.0 Å². The standard InChI is InChI=1S/C15H21N5O3S2/c1-11(2)20-10-17-18-15(20)24-9-14(21)16-8-12-5-4-6-13(7-12)19-25(3,22)23/h4-7,10-11,19H,8-9H2,1-3H3,(H,16,21). The molecule has 0 spiro atoms. The number of amides is 1. The van der Waals surface area contributed by atoms with E-state index < -0.39 is 10.0 Å². The third-order valence-corrected chi connectivity index (χ3v) is 4.71. The van der Waals surface area contributed by atoms with E-state index in [1.165, 1.54) is 11.8 Å². The van der Waals surface area contributed by atoms with Gasteiger partial charge in [0.25, 0.3) is 0 Å². The summed E-state index contributed by atoms with van der Waals surface area (Å²) >= 11 is 1.32. The zero-order valence-electron chi connectivity index (χ0n) is 14.3. The van der Waals surface area contributed by atoms with Crippen molar-refractivity contribution in [3.8, 4) is 0 Å². The fourth-order valence-corrected chi connectivity index (χ4v) is 3.46. The lowest BCUT2D eigenvalue weighted by atomic mass is 10.2. The number of anilines is 1. The summed E-state index contributed by atoms with van der Waals surface area (Å²) in [7, 11) is -3.33. The predicted molar refractivity (Wildman–Crippen MR) is 97.9 cm³/mol. The lowest BCUT2D eigenvalue weighted by molar-refractivity contribution is -0.118. The van der Waals surface area contributed by atoms with Crippen molar-refractivity contribution in [3.63, 3.8) is 0 Å². The Morgan fingerprint density at radius 2 is 2.12 bits per heavy atom. The lowest BCUT2D eigenvalue weighted by Crippen LogP contribution is -2.24. The summed E-state index contributed by atoms with van der Waals surface area (Å²) in [5.74, 6) is 0.0944. The van der Waals surface area contributed by atoms with Crippen LogP contribution in [0.4, 0.5) is 5.69 Å². The Morgan fingerprint density at radius 3 is 2.80 bits per heavy atom. The Bertz CT molecular complexity index is 833. The van der Waals surface area contributed by atoms with E-state index in [1.54, 1.807) is 24.5 Å². The molecule has 1 heterocycles. The number of benzene rings is 1. The first-order chi connectivity index (χ1) is 11.7. The molecule has 2 rings (SSSR count). The molecule has 2 aromatic rings. The van der Waals surface area contributed by atoms with Gasteiger partial charge in [0.2, 0.25) is 15.9 Å². The number of thioether (sulfide) groups is 1. The molecule has 0 aliphatic carbocycles. The van der Waals surface area contributed by atoms with Crippen molar-refractivity contribution in [2.45, 2.75) is 31.6 Å². The minimum atomic E-state index is -3.33. The van der Waals surface area contributed by atoms with Crippen molar-refractivity contribution in [3.05, 3.63) is 36.2 Å². The summed E-state index contributed by atoms with van der Waals surface area (Å²) in [6.07, 6.45) is 2.74. The summed E-state index contributed by atoms with van der Waals surface area (Å²) in [5, 5.41) is 11.4. The van der Waals surface area contributed by atoms with Gasteiger partial charge < -0.3 is 9.88 Å². The molecule has 0 atom stereocenters. The molecular weight excluding hydrogens is 362 g/mol. The Hall–Kier alpha value is -2.07. The maximum atomic E-state index is 12.0. The molecule has 2 N–H and O–H groups in total. The second kappa shape index (κ2) is 8.34. The minimum Gasteiger partial charge on any atom is -0.351 e. The molecule has 0 bridgehead atoms. The van der Waals surface area contributed by atoms with Gasteiger partial charge in [-0.2, -0.15) is 0 Å². The third-order valence-electron chi connectivity index (χ3n) is 3.15. The number of nitrogens with one attached hydrogen (secondary N) is 2. The summed E-state index contributed by atoms with van der Waals surface area (Å²) in [4.78, 5) is 12.0. The highest BCUT2D eigenvalue weighted by atomic mass is 32.2. The SMILES string of the molecule is CC(C)n1cnnc1SCC(=O)NCc1cccc(NS(C)(=O)=O)c1. The van der Waals surface area contributed by atoms with Gasteiger partial charge in [0, 0.05) is 18.3 Å². The number of aromatic nitrogens is 3. The first kappa shape index (κ1) is 19.3. The zero-order valence-corrected chi connectivity index (χ0v) is 15.9. The smallest absolute Gasteiger partial charge is 0.230 e. The number of sulfonamides is 1. The van der Waals surface area contributed by atoms with Gasteiger partial charge in [-0.25, -0.2) is 8.42 Å². The largest absolute Gasteiger partial charge is 0.351 e.